The van der Waals surface area contributed by atoms with Crippen molar-refractivity contribution in [3.63, 3.8) is 0 Å². The summed E-state index contributed by atoms with van der Waals surface area (Å²) in [7, 11) is 3.15. The van der Waals surface area contributed by atoms with Crippen LogP contribution in [-0.2, 0) is 11.3 Å². The largest absolute Gasteiger partial charge is 0.493 e. The molecule has 0 atom stereocenters. The Hall–Kier alpha value is -3.65. The molecular weight excluding hydrogens is 438 g/mol. The average Bonchev–Trinajstić information content (AvgIpc) is 3.26. The highest BCUT2D eigenvalue weighted by Gasteiger charge is 2.19. The first-order chi connectivity index (χ1) is 16.0. The summed E-state index contributed by atoms with van der Waals surface area (Å²) in [5.74, 6) is 1.01. The van der Waals surface area contributed by atoms with Gasteiger partial charge in [0.15, 0.2) is 11.5 Å². The summed E-state index contributed by atoms with van der Waals surface area (Å²) in [6.45, 7) is 4.31. The van der Waals surface area contributed by atoms with Crippen LogP contribution in [0, 0.1) is 6.92 Å². The van der Waals surface area contributed by atoms with Crippen LogP contribution in [0.5, 0.6) is 11.5 Å². The zero-order valence-corrected chi connectivity index (χ0v) is 19.8. The molecule has 0 saturated heterocycles. The van der Waals surface area contributed by atoms with Crippen molar-refractivity contribution < 1.29 is 14.3 Å². The van der Waals surface area contributed by atoms with Crippen molar-refractivity contribution in [1.29, 1.82) is 0 Å². The molecule has 0 radical (unpaired) electrons. The average molecular weight is 464 g/mol. The van der Waals surface area contributed by atoms with E-state index in [1.54, 1.807) is 25.2 Å². The van der Waals surface area contributed by atoms with Gasteiger partial charge in [0.05, 0.1) is 25.9 Å². The SMILES string of the molecule is CCN(C(=O)Cn1cnc2scc(-c3ccc(OC)c(OC)c3)c2c1=O)c1cccc(C)c1. The van der Waals surface area contributed by atoms with Gasteiger partial charge in [-0.25, -0.2) is 4.98 Å². The fourth-order valence-corrected chi connectivity index (χ4v) is 4.73. The number of carbonyl (C=O) groups excluding carboxylic acids is 1. The number of carbonyl (C=O) groups is 1. The van der Waals surface area contributed by atoms with Crippen molar-refractivity contribution in [2.45, 2.75) is 20.4 Å². The number of methoxy groups -OCH3 is 2. The van der Waals surface area contributed by atoms with Crippen molar-refractivity contribution in [2.24, 2.45) is 0 Å². The lowest BCUT2D eigenvalue weighted by Crippen LogP contribution is -2.36. The lowest BCUT2D eigenvalue weighted by atomic mass is 10.1. The molecule has 7 nitrogen and oxygen atoms in total. The van der Waals surface area contributed by atoms with Crippen molar-refractivity contribution in [2.75, 3.05) is 25.7 Å². The molecule has 0 aliphatic heterocycles. The molecule has 0 saturated carbocycles. The molecule has 0 unspecified atom stereocenters. The molecule has 0 aliphatic carbocycles. The molecule has 2 aromatic carbocycles. The lowest BCUT2D eigenvalue weighted by Gasteiger charge is -2.22. The number of nitrogens with zero attached hydrogens (tertiary/aromatic N) is 3. The van der Waals surface area contributed by atoms with E-state index >= 15 is 0 Å². The summed E-state index contributed by atoms with van der Waals surface area (Å²) in [6, 6.07) is 13.3. The summed E-state index contributed by atoms with van der Waals surface area (Å²) in [5, 5.41) is 2.39. The topological polar surface area (TPSA) is 73.7 Å². The highest BCUT2D eigenvalue weighted by atomic mass is 32.1. The summed E-state index contributed by atoms with van der Waals surface area (Å²) in [6.07, 6.45) is 1.45. The molecule has 8 heteroatoms. The number of hydrogen-bond acceptors (Lipinski definition) is 6. The van der Waals surface area contributed by atoms with Crippen molar-refractivity contribution >= 4 is 33.1 Å². The van der Waals surface area contributed by atoms with Crippen molar-refractivity contribution in [3.05, 3.63) is 70.1 Å². The lowest BCUT2D eigenvalue weighted by molar-refractivity contribution is -0.119. The monoisotopic (exact) mass is 463 g/mol. The van der Waals surface area contributed by atoms with Crippen LogP contribution in [0.4, 0.5) is 5.69 Å². The minimum absolute atomic E-state index is 0.0925. The summed E-state index contributed by atoms with van der Waals surface area (Å²) >= 11 is 1.39. The van der Waals surface area contributed by atoms with Gasteiger partial charge in [-0.1, -0.05) is 18.2 Å². The molecule has 2 aromatic heterocycles. The third kappa shape index (κ3) is 4.34. The van der Waals surface area contributed by atoms with Crippen LogP contribution >= 0.6 is 11.3 Å². The van der Waals surface area contributed by atoms with E-state index in [2.05, 4.69) is 4.98 Å². The number of aryl methyl sites for hydroxylation is 1. The van der Waals surface area contributed by atoms with Gasteiger partial charge < -0.3 is 14.4 Å². The Kier molecular flexibility index (Phi) is 6.46. The predicted molar refractivity (Wildman–Crippen MR) is 132 cm³/mol. The number of rotatable bonds is 7. The van der Waals surface area contributed by atoms with Gasteiger partial charge in [-0.05, 0) is 49.2 Å². The van der Waals surface area contributed by atoms with Crippen LogP contribution in [-0.4, -0.2) is 36.2 Å². The first-order valence-electron chi connectivity index (χ1n) is 10.5. The second-order valence-electron chi connectivity index (χ2n) is 7.55. The van der Waals surface area contributed by atoms with E-state index in [0.717, 1.165) is 22.4 Å². The predicted octanol–water partition coefficient (Wildman–Crippen LogP) is 4.50. The zero-order chi connectivity index (χ0) is 23.5. The van der Waals surface area contributed by atoms with E-state index in [1.807, 2.05) is 55.6 Å². The first-order valence-corrected chi connectivity index (χ1v) is 11.4. The molecule has 0 fully saturated rings. The number of ether oxygens (including phenoxy) is 2. The molecule has 33 heavy (non-hydrogen) atoms. The number of benzene rings is 2. The highest BCUT2D eigenvalue weighted by molar-refractivity contribution is 7.17. The van der Waals surface area contributed by atoms with Gasteiger partial charge in [0.2, 0.25) is 5.91 Å². The van der Waals surface area contributed by atoms with Gasteiger partial charge in [-0.2, -0.15) is 0 Å². The van der Waals surface area contributed by atoms with Crippen LogP contribution < -0.4 is 19.9 Å². The number of fused-ring (bicyclic) bond motifs is 1. The molecular formula is C25H25N3O4S. The third-order valence-corrected chi connectivity index (χ3v) is 6.38. The van der Waals surface area contributed by atoms with Crippen LogP contribution in [0.2, 0.25) is 0 Å². The van der Waals surface area contributed by atoms with E-state index in [9.17, 15) is 9.59 Å². The van der Waals surface area contributed by atoms with Gasteiger partial charge in [0, 0.05) is 23.2 Å². The number of amides is 1. The number of likely N-dealkylation sites (N-methyl/N-ethyl adjacent to an activating group) is 1. The number of aromatic nitrogens is 2. The first kappa shape index (κ1) is 22.5. The van der Waals surface area contributed by atoms with Crippen molar-refractivity contribution in [1.82, 2.24) is 9.55 Å². The maximum atomic E-state index is 13.4. The van der Waals surface area contributed by atoms with Gasteiger partial charge >= 0.3 is 0 Å². The second kappa shape index (κ2) is 9.46. The molecule has 0 N–H and O–H groups in total. The summed E-state index contributed by atoms with van der Waals surface area (Å²) in [4.78, 5) is 33.2. The smallest absolute Gasteiger partial charge is 0.263 e. The second-order valence-corrected chi connectivity index (χ2v) is 8.41. The Bertz CT molecular complexity index is 1380. The molecule has 4 rings (SSSR count). The third-order valence-electron chi connectivity index (χ3n) is 5.49. The Morgan fingerprint density at radius 3 is 2.61 bits per heavy atom. The standard InChI is InChI=1S/C25H25N3O4S/c1-5-28(18-8-6-7-16(2)11-18)22(29)13-27-15-26-24-23(25(27)30)19(14-33-24)17-9-10-20(31-3)21(12-17)32-4/h6-12,14-15H,5,13H2,1-4H3. The van der Waals surface area contributed by atoms with E-state index in [1.165, 1.54) is 22.2 Å². The van der Waals surface area contributed by atoms with E-state index in [4.69, 9.17) is 9.47 Å². The van der Waals surface area contributed by atoms with Crippen molar-refractivity contribution in [3.8, 4) is 22.6 Å². The number of hydrogen-bond donors (Lipinski definition) is 0. The maximum Gasteiger partial charge on any atom is 0.263 e. The van der Waals surface area contributed by atoms with Gasteiger partial charge in [-0.15, -0.1) is 11.3 Å². The minimum atomic E-state index is -0.250. The minimum Gasteiger partial charge on any atom is -0.493 e. The van der Waals surface area contributed by atoms with E-state index in [0.29, 0.717) is 28.3 Å². The molecule has 0 aliphatic rings. The van der Waals surface area contributed by atoms with Gasteiger partial charge in [-0.3, -0.25) is 14.2 Å². The summed E-state index contributed by atoms with van der Waals surface area (Å²) in [5.41, 5.74) is 3.20. The van der Waals surface area contributed by atoms with Gasteiger partial charge in [0.1, 0.15) is 11.4 Å². The normalized spacial score (nSPS) is 10.9. The molecule has 1 amide bonds. The molecule has 0 bridgehead atoms. The van der Waals surface area contributed by atoms with Gasteiger partial charge in [0.25, 0.3) is 5.56 Å². The van der Waals surface area contributed by atoms with E-state index in [-0.39, 0.29) is 18.0 Å². The maximum absolute atomic E-state index is 13.4. The zero-order valence-electron chi connectivity index (χ0n) is 19.0. The molecule has 0 spiro atoms. The Morgan fingerprint density at radius 1 is 1.12 bits per heavy atom. The van der Waals surface area contributed by atoms with E-state index < -0.39 is 0 Å². The Labute approximate surface area is 195 Å². The Morgan fingerprint density at radius 2 is 1.91 bits per heavy atom. The fraction of sp³-hybridized carbons (Fsp3) is 0.240. The highest BCUT2D eigenvalue weighted by Crippen LogP contribution is 2.36. The van der Waals surface area contributed by atoms with Crippen LogP contribution in [0.15, 0.2) is 59.0 Å². The number of anilines is 1. The fourth-order valence-electron chi connectivity index (χ4n) is 3.83. The Balaban J connectivity index is 1.71. The van der Waals surface area contributed by atoms with Crippen LogP contribution in [0.25, 0.3) is 21.3 Å². The van der Waals surface area contributed by atoms with Crippen LogP contribution in [0.3, 0.4) is 0 Å². The van der Waals surface area contributed by atoms with Crippen LogP contribution in [0.1, 0.15) is 12.5 Å². The molecule has 170 valence electrons. The summed E-state index contributed by atoms with van der Waals surface area (Å²) < 4.78 is 12.1. The quantitative estimate of drug-likeness (QED) is 0.403. The number of thiophene rings is 1. The molecule has 2 heterocycles. The molecule has 4 aromatic rings.